The minimum absolute atomic E-state index is 0.0194. The summed E-state index contributed by atoms with van der Waals surface area (Å²) in [6.07, 6.45) is 8.13. The van der Waals surface area contributed by atoms with Crippen LogP contribution in [0, 0.1) is 5.41 Å². The van der Waals surface area contributed by atoms with Crippen LogP contribution in [0.25, 0.3) is 6.08 Å². The van der Waals surface area contributed by atoms with E-state index in [0.717, 1.165) is 24.3 Å². The highest BCUT2D eigenvalue weighted by Gasteiger charge is 2.48. The molecule has 1 spiro atoms. The second-order valence-electron chi connectivity index (χ2n) is 6.69. The van der Waals surface area contributed by atoms with Gasteiger partial charge in [0.1, 0.15) is 23.7 Å². The van der Waals surface area contributed by atoms with Crippen LogP contribution in [0.5, 0.6) is 11.5 Å². The smallest absolute Gasteiger partial charge is 0.167 e. The Balaban J connectivity index is 1.79. The molecule has 22 heavy (non-hydrogen) atoms. The highest BCUT2D eigenvalue weighted by molar-refractivity contribution is 6.02. The fourth-order valence-corrected chi connectivity index (χ4v) is 3.93. The van der Waals surface area contributed by atoms with Gasteiger partial charge < -0.3 is 14.4 Å². The van der Waals surface area contributed by atoms with Gasteiger partial charge in [-0.1, -0.05) is 6.42 Å². The maximum absolute atomic E-state index is 12.0. The number of ether oxygens (including phenoxy) is 2. The Hall–Kier alpha value is -1.97. The maximum atomic E-state index is 12.0. The van der Waals surface area contributed by atoms with Gasteiger partial charge in [-0.05, 0) is 31.9 Å². The van der Waals surface area contributed by atoms with Crippen LogP contribution in [0.4, 0.5) is 5.69 Å². The molecule has 3 aliphatic rings. The van der Waals surface area contributed by atoms with Gasteiger partial charge in [-0.2, -0.15) is 0 Å². The van der Waals surface area contributed by atoms with E-state index in [9.17, 15) is 4.79 Å². The largest absolute Gasteiger partial charge is 0.496 e. The van der Waals surface area contributed by atoms with Crippen molar-refractivity contribution in [2.24, 2.45) is 5.41 Å². The lowest BCUT2D eigenvalue weighted by Gasteiger charge is -2.57. The molecule has 0 atom stereocenters. The number of hydrogen-bond acceptors (Lipinski definition) is 4. The van der Waals surface area contributed by atoms with Crippen molar-refractivity contribution in [3.05, 3.63) is 23.3 Å². The van der Waals surface area contributed by atoms with Crippen molar-refractivity contribution in [3.63, 3.8) is 0 Å². The van der Waals surface area contributed by atoms with E-state index < -0.39 is 0 Å². The zero-order valence-corrected chi connectivity index (χ0v) is 13.1. The lowest BCUT2D eigenvalue weighted by atomic mass is 9.63. The van der Waals surface area contributed by atoms with E-state index in [4.69, 9.17) is 9.47 Å². The molecule has 2 heterocycles. The predicted molar refractivity (Wildman–Crippen MR) is 86.0 cm³/mol. The second-order valence-corrected chi connectivity index (χ2v) is 6.69. The molecule has 4 rings (SSSR count). The third kappa shape index (κ3) is 1.86. The first kappa shape index (κ1) is 13.7. The average molecular weight is 299 g/mol. The van der Waals surface area contributed by atoms with Gasteiger partial charge >= 0.3 is 0 Å². The summed E-state index contributed by atoms with van der Waals surface area (Å²) in [5.41, 5.74) is 3.26. The van der Waals surface area contributed by atoms with E-state index in [1.807, 2.05) is 12.1 Å². The summed E-state index contributed by atoms with van der Waals surface area (Å²) in [6.45, 7) is 4.28. The molecule has 0 bridgehead atoms. The van der Waals surface area contributed by atoms with Gasteiger partial charge in [0.2, 0.25) is 0 Å². The van der Waals surface area contributed by atoms with Crippen LogP contribution in [0.2, 0.25) is 0 Å². The number of Topliss-reactive ketones (excluding diaryl/α,β-unsaturated/α-hetero) is 1. The van der Waals surface area contributed by atoms with E-state index >= 15 is 0 Å². The van der Waals surface area contributed by atoms with Gasteiger partial charge in [0.05, 0.1) is 12.8 Å². The third-order valence-electron chi connectivity index (χ3n) is 5.25. The predicted octanol–water partition coefficient (Wildman–Crippen LogP) is 3.29. The third-order valence-corrected chi connectivity index (χ3v) is 5.25. The molecule has 1 aromatic rings. The number of fused-ring (bicyclic) bond motifs is 1. The molecule has 1 saturated heterocycles. The Morgan fingerprint density at radius 2 is 2.14 bits per heavy atom. The quantitative estimate of drug-likeness (QED) is 0.803. The summed E-state index contributed by atoms with van der Waals surface area (Å²) in [5, 5.41) is 0. The first-order valence-electron chi connectivity index (χ1n) is 7.94. The van der Waals surface area contributed by atoms with Gasteiger partial charge in [-0.25, -0.2) is 0 Å². The Morgan fingerprint density at radius 1 is 1.36 bits per heavy atom. The molecule has 4 heteroatoms. The first-order chi connectivity index (χ1) is 10.6. The highest BCUT2D eigenvalue weighted by atomic mass is 16.5. The van der Waals surface area contributed by atoms with Crippen LogP contribution < -0.4 is 14.4 Å². The molecule has 0 amide bonds. The van der Waals surface area contributed by atoms with Crippen LogP contribution in [0.3, 0.4) is 0 Å². The Bertz CT molecular complexity index is 665. The minimum atomic E-state index is -0.0194. The number of ketones is 1. The molecule has 0 unspecified atom stereocenters. The lowest BCUT2D eigenvalue weighted by molar-refractivity contribution is 0.0902. The van der Waals surface area contributed by atoms with Gasteiger partial charge in [-0.15, -0.1) is 0 Å². The van der Waals surface area contributed by atoms with Gasteiger partial charge in [0, 0.05) is 30.1 Å². The molecular formula is C18H21NO3. The Labute approximate surface area is 130 Å². The number of carbonyl (C=O) groups is 1. The lowest BCUT2D eigenvalue weighted by Crippen LogP contribution is -2.60. The molecule has 0 N–H and O–H groups in total. The highest BCUT2D eigenvalue weighted by Crippen LogP contribution is 2.52. The fraction of sp³-hybridized carbons (Fsp3) is 0.500. The summed E-state index contributed by atoms with van der Waals surface area (Å²) >= 11 is 0. The number of nitrogens with zero attached hydrogens (tertiary/aromatic N) is 1. The normalized spacial score (nSPS) is 20.7. The molecule has 1 saturated carbocycles. The fourth-order valence-electron chi connectivity index (χ4n) is 3.93. The van der Waals surface area contributed by atoms with Crippen LogP contribution in [0.1, 0.15) is 42.1 Å². The number of anilines is 1. The Kier molecular flexibility index (Phi) is 2.96. The van der Waals surface area contributed by atoms with E-state index in [0.29, 0.717) is 29.1 Å². The summed E-state index contributed by atoms with van der Waals surface area (Å²) in [4.78, 5) is 14.4. The van der Waals surface area contributed by atoms with Gasteiger partial charge in [0.25, 0.3) is 0 Å². The molecule has 2 aliphatic heterocycles. The number of benzene rings is 1. The van der Waals surface area contributed by atoms with Crippen LogP contribution in [-0.4, -0.2) is 32.6 Å². The van der Waals surface area contributed by atoms with E-state index in [2.05, 4.69) is 11.0 Å². The van der Waals surface area contributed by atoms with E-state index in [1.54, 1.807) is 14.0 Å². The number of hydrogen-bond donors (Lipinski definition) is 0. The maximum Gasteiger partial charge on any atom is 0.167 e. The molecule has 1 aliphatic carbocycles. The van der Waals surface area contributed by atoms with Crippen molar-refractivity contribution < 1.29 is 14.3 Å². The van der Waals surface area contributed by atoms with Gasteiger partial charge in [0.15, 0.2) is 5.78 Å². The molecule has 116 valence electrons. The Morgan fingerprint density at radius 3 is 2.73 bits per heavy atom. The van der Waals surface area contributed by atoms with E-state index in [-0.39, 0.29) is 5.78 Å². The number of rotatable bonds is 3. The van der Waals surface area contributed by atoms with Gasteiger partial charge in [-0.3, -0.25) is 4.79 Å². The summed E-state index contributed by atoms with van der Waals surface area (Å²) < 4.78 is 11.3. The molecular weight excluding hydrogens is 278 g/mol. The topological polar surface area (TPSA) is 38.8 Å². The van der Waals surface area contributed by atoms with E-state index in [1.165, 1.54) is 19.3 Å². The van der Waals surface area contributed by atoms with Crippen LogP contribution in [0.15, 0.2) is 12.1 Å². The van der Waals surface area contributed by atoms with Crippen molar-refractivity contribution in [1.82, 2.24) is 0 Å². The van der Waals surface area contributed by atoms with Crippen LogP contribution in [-0.2, 0) is 0 Å². The summed E-state index contributed by atoms with van der Waals surface area (Å²) in [7, 11) is 1.61. The molecule has 4 nitrogen and oxygen atoms in total. The minimum Gasteiger partial charge on any atom is -0.496 e. The SMILES string of the molecule is COc1cc(N2CC3(CCC3)C2)c2c(c1C(C)=O)OCC=C2. The van der Waals surface area contributed by atoms with Crippen molar-refractivity contribution in [3.8, 4) is 11.5 Å². The summed E-state index contributed by atoms with van der Waals surface area (Å²) in [6, 6.07) is 2.00. The molecule has 0 aromatic heterocycles. The standard InChI is InChI=1S/C18H21NO3/c1-12(20)16-15(21-2)9-14(13-5-3-8-22-17(13)16)19-10-18(11-19)6-4-7-18/h3,5,9H,4,6-8,10-11H2,1-2H3. The van der Waals surface area contributed by atoms with Crippen molar-refractivity contribution in [2.75, 3.05) is 31.7 Å². The monoisotopic (exact) mass is 299 g/mol. The zero-order chi connectivity index (χ0) is 15.3. The second kappa shape index (κ2) is 4.77. The average Bonchev–Trinajstić information content (AvgIpc) is 2.43. The first-order valence-corrected chi connectivity index (χ1v) is 7.94. The van der Waals surface area contributed by atoms with Crippen molar-refractivity contribution >= 4 is 17.5 Å². The number of methoxy groups -OCH3 is 1. The molecule has 2 fully saturated rings. The number of carbonyl (C=O) groups excluding carboxylic acids is 1. The molecule has 1 aromatic carbocycles. The van der Waals surface area contributed by atoms with Crippen molar-refractivity contribution in [2.45, 2.75) is 26.2 Å². The van der Waals surface area contributed by atoms with Crippen LogP contribution >= 0.6 is 0 Å². The van der Waals surface area contributed by atoms with Crippen molar-refractivity contribution in [1.29, 1.82) is 0 Å². The zero-order valence-electron chi connectivity index (χ0n) is 13.1. The molecule has 0 radical (unpaired) electrons. The summed E-state index contributed by atoms with van der Waals surface area (Å²) in [5.74, 6) is 1.28.